The molecule has 0 spiro atoms. The molecular formula is C17H10ClF2NO2S. The van der Waals surface area contributed by atoms with Crippen LogP contribution >= 0.6 is 23.4 Å². The molecule has 0 radical (unpaired) electrons. The highest BCUT2D eigenvalue weighted by Crippen LogP contribution is 2.34. The molecule has 0 bridgehead atoms. The molecule has 1 fully saturated rings. The molecule has 122 valence electrons. The number of thioether (sulfide) groups is 1. The first-order valence-electron chi connectivity index (χ1n) is 6.89. The number of hydrogen-bond acceptors (Lipinski definition) is 3. The lowest BCUT2D eigenvalue weighted by Gasteiger charge is -2.14. The van der Waals surface area contributed by atoms with Crippen molar-refractivity contribution >= 4 is 40.6 Å². The second kappa shape index (κ2) is 6.75. The van der Waals surface area contributed by atoms with Gasteiger partial charge < -0.3 is 0 Å². The van der Waals surface area contributed by atoms with Gasteiger partial charge in [0.2, 0.25) is 0 Å². The van der Waals surface area contributed by atoms with E-state index in [1.165, 1.54) is 48.5 Å². The Balaban J connectivity index is 1.85. The van der Waals surface area contributed by atoms with Crippen molar-refractivity contribution in [2.75, 3.05) is 0 Å². The van der Waals surface area contributed by atoms with Crippen LogP contribution in [0.15, 0.2) is 47.4 Å². The summed E-state index contributed by atoms with van der Waals surface area (Å²) in [5.74, 6) is -1.51. The number of hydrogen-bond donors (Lipinski definition) is 0. The van der Waals surface area contributed by atoms with Gasteiger partial charge in [-0.1, -0.05) is 29.8 Å². The van der Waals surface area contributed by atoms with Gasteiger partial charge in [-0.3, -0.25) is 14.5 Å². The summed E-state index contributed by atoms with van der Waals surface area (Å²) in [7, 11) is 0. The van der Waals surface area contributed by atoms with Gasteiger partial charge in [-0.05, 0) is 47.7 Å². The van der Waals surface area contributed by atoms with E-state index in [1.807, 2.05) is 0 Å². The summed E-state index contributed by atoms with van der Waals surface area (Å²) in [6.45, 7) is -0.239. The first-order valence-corrected chi connectivity index (χ1v) is 8.09. The third-order valence-corrected chi connectivity index (χ3v) is 4.68. The van der Waals surface area contributed by atoms with E-state index >= 15 is 0 Å². The van der Waals surface area contributed by atoms with Gasteiger partial charge in [0, 0.05) is 10.6 Å². The largest absolute Gasteiger partial charge is 0.293 e. The average Bonchev–Trinajstić information content (AvgIpc) is 2.80. The van der Waals surface area contributed by atoms with Crippen molar-refractivity contribution in [2.45, 2.75) is 6.54 Å². The molecule has 1 heterocycles. The third-order valence-electron chi connectivity index (χ3n) is 3.42. The third kappa shape index (κ3) is 3.34. The van der Waals surface area contributed by atoms with Crippen molar-refractivity contribution in [2.24, 2.45) is 0 Å². The van der Waals surface area contributed by atoms with Crippen molar-refractivity contribution in [1.82, 2.24) is 4.90 Å². The summed E-state index contributed by atoms with van der Waals surface area (Å²) in [6.07, 6.45) is 1.49. The molecule has 0 saturated carbocycles. The number of amides is 2. The van der Waals surface area contributed by atoms with Gasteiger partial charge in [-0.2, -0.15) is 0 Å². The van der Waals surface area contributed by atoms with E-state index in [0.717, 1.165) is 16.7 Å². The van der Waals surface area contributed by atoms with Crippen LogP contribution in [0.2, 0.25) is 5.02 Å². The topological polar surface area (TPSA) is 37.4 Å². The minimum absolute atomic E-state index is 0.0875. The van der Waals surface area contributed by atoms with Crippen LogP contribution in [-0.2, 0) is 11.3 Å². The molecule has 0 unspecified atom stereocenters. The Morgan fingerprint density at radius 3 is 2.46 bits per heavy atom. The van der Waals surface area contributed by atoms with Crippen LogP contribution < -0.4 is 0 Å². The van der Waals surface area contributed by atoms with Gasteiger partial charge in [0.25, 0.3) is 11.1 Å². The molecule has 1 aliphatic rings. The molecule has 2 aromatic rings. The van der Waals surface area contributed by atoms with Gasteiger partial charge in [0.05, 0.1) is 11.4 Å². The van der Waals surface area contributed by atoms with E-state index in [4.69, 9.17) is 11.6 Å². The SMILES string of the molecule is O=C1S/C(=C/c2ccc(F)cc2)C(=O)N1Cc1c(F)cccc1Cl. The van der Waals surface area contributed by atoms with Crippen LogP contribution in [0.25, 0.3) is 6.08 Å². The average molecular weight is 366 g/mol. The summed E-state index contributed by atoms with van der Waals surface area (Å²) in [5, 5.41) is -0.357. The molecule has 3 rings (SSSR count). The molecule has 0 N–H and O–H groups in total. The maximum absolute atomic E-state index is 13.8. The molecule has 0 aromatic heterocycles. The van der Waals surface area contributed by atoms with Crippen LogP contribution in [0.1, 0.15) is 11.1 Å². The van der Waals surface area contributed by atoms with E-state index in [1.54, 1.807) is 0 Å². The molecule has 7 heteroatoms. The zero-order chi connectivity index (χ0) is 17.3. The van der Waals surface area contributed by atoms with E-state index in [-0.39, 0.29) is 22.0 Å². The minimum Gasteiger partial charge on any atom is -0.268 e. The lowest BCUT2D eigenvalue weighted by Crippen LogP contribution is -2.28. The van der Waals surface area contributed by atoms with Crippen molar-refractivity contribution in [1.29, 1.82) is 0 Å². The maximum atomic E-state index is 13.8. The molecule has 2 aromatic carbocycles. The van der Waals surface area contributed by atoms with Crippen LogP contribution in [0.3, 0.4) is 0 Å². The Morgan fingerprint density at radius 1 is 1.08 bits per heavy atom. The quantitative estimate of drug-likeness (QED) is 0.729. The van der Waals surface area contributed by atoms with Crippen molar-refractivity contribution in [3.63, 3.8) is 0 Å². The van der Waals surface area contributed by atoms with Crippen LogP contribution in [0.4, 0.5) is 13.6 Å². The lowest BCUT2D eigenvalue weighted by molar-refractivity contribution is -0.123. The maximum Gasteiger partial charge on any atom is 0.293 e. The Bertz CT molecular complexity index is 832. The molecule has 2 amide bonds. The van der Waals surface area contributed by atoms with Gasteiger partial charge >= 0.3 is 0 Å². The normalized spacial score (nSPS) is 16.3. The second-order valence-corrected chi connectivity index (χ2v) is 6.42. The van der Waals surface area contributed by atoms with E-state index in [9.17, 15) is 18.4 Å². The van der Waals surface area contributed by atoms with Crippen LogP contribution in [0.5, 0.6) is 0 Å². The zero-order valence-electron chi connectivity index (χ0n) is 12.1. The molecule has 3 nitrogen and oxygen atoms in total. The highest BCUT2D eigenvalue weighted by atomic mass is 35.5. The Morgan fingerprint density at radius 2 is 1.79 bits per heavy atom. The fourth-order valence-corrected chi connectivity index (χ4v) is 3.25. The summed E-state index contributed by atoms with van der Waals surface area (Å²) in [6, 6.07) is 9.67. The number of carbonyl (C=O) groups is 2. The highest BCUT2D eigenvalue weighted by Gasteiger charge is 2.35. The van der Waals surface area contributed by atoms with E-state index < -0.39 is 22.8 Å². The lowest BCUT2D eigenvalue weighted by atomic mass is 10.2. The van der Waals surface area contributed by atoms with Gasteiger partial charge in [-0.25, -0.2) is 8.78 Å². The fraction of sp³-hybridized carbons (Fsp3) is 0.0588. The predicted octanol–water partition coefficient (Wildman–Crippen LogP) is 4.85. The van der Waals surface area contributed by atoms with Crippen LogP contribution in [0, 0.1) is 11.6 Å². The number of halogens is 3. The number of imide groups is 1. The smallest absolute Gasteiger partial charge is 0.268 e. The molecule has 1 aliphatic heterocycles. The van der Waals surface area contributed by atoms with Crippen LogP contribution in [-0.4, -0.2) is 16.0 Å². The Hall–Kier alpha value is -2.18. The first kappa shape index (κ1) is 16.7. The molecule has 0 aliphatic carbocycles. The van der Waals surface area contributed by atoms with Crippen molar-refractivity contribution < 1.29 is 18.4 Å². The molecule has 1 saturated heterocycles. The number of carbonyl (C=O) groups excluding carboxylic acids is 2. The zero-order valence-corrected chi connectivity index (χ0v) is 13.7. The minimum atomic E-state index is -0.580. The monoisotopic (exact) mass is 365 g/mol. The second-order valence-electron chi connectivity index (χ2n) is 5.02. The highest BCUT2D eigenvalue weighted by molar-refractivity contribution is 8.18. The van der Waals surface area contributed by atoms with Crippen molar-refractivity contribution in [3.05, 3.63) is 75.2 Å². The van der Waals surface area contributed by atoms with Gasteiger partial charge in [-0.15, -0.1) is 0 Å². The number of nitrogens with zero attached hydrogens (tertiary/aromatic N) is 1. The molecule has 24 heavy (non-hydrogen) atoms. The summed E-state index contributed by atoms with van der Waals surface area (Å²) in [4.78, 5) is 25.6. The van der Waals surface area contributed by atoms with Gasteiger partial charge in [0.15, 0.2) is 0 Å². The molecule has 0 atom stereocenters. The van der Waals surface area contributed by atoms with E-state index in [0.29, 0.717) is 5.56 Å². The standard InChI is InChI=1S/C17H10ClF2NO2S/c18-13-2-1-3-14(20)12(13)9-21-16(22)15(24-17(21)23)8-10-4-6-11(19)7-5-10/h1-8H,9H2/b15-8+. The number of benzene rings is 2. The van der Waals surface area contributed by atoms with Crippen molar-refractivity contribution in [3.8, 4) is 0 Å². The fourth-order valence-electron chi connectivity index (χ4n) is 2.19. The Kier molecular flexibility index (Phi) is 4.69. The number of rotatable bonds is 3. The van der Waals surface area contributed by atoms with Gasteiger partial charge in [0.1, 0.15) is 11.6 Å². The molecular weight excluding hydrogens is 356 g/mol. The summed E-state index contributed by atoms with van der Waals surface area (Å²) in [5.41, 5.74) is 0.676. The first-order chi connectivity index (χ1) is 11.5. The van der Waals surface area contributed by atoms with E-state index in [2.05, 4.69) is 0 Å². The predicted molar refractivity (Wildman–Crippen MR) is 89.3 cm³/mol. The Labute approximate surface area is 145 Å². The summed E-state index contributed by atoms with van der Waals surface area (Å²) < 4.78 is 26.8. The summed E-state index contributed by atoms with van der Waals surface area (Å²) >= 11 is 6.69.